The monoisotopic (exact) mass is 369 g/mol. The Kier molecular flexibility index (Phi) is 5.46. The molecule has 1 aliphatic heterocycles. The van der Waals surface area contributed by atoms with E-state index in [1.165, 1.54) is 19.1 Å². The van der Waals surface area contributed by atoms with Gasteiger partial charge in [-0.2, -0.15) is 0 Å². The van der Waals surface area contributed by atoms with Crippen LogP contribution in [0.25, 0.3) is 0 Å². The van der Waals surface area contributed by atoms with Gasteiger partial charge in [0, 0.05) is 24.3 Å². The fraction of sp³-hybridized carbons (Fsp3) is 0.263. The Morgan fingerprint density at radius 2 is 1.89 bits per heavy atom. The van der Waals surface area contributed by atoms with Gasteiger partial charge >= 0.3 is 5.97 Å². The van der Waals surface area contributed by atoms with Crippen LogP contribution < -0.4 is 5.32 Å². The number of pyridine rings is 1. The Balaban J connectivity index is 1.74. The lowest BCUT2D eigenvalue weighted by atomic mass is 10.1. The first kappa shape index (κ1) is 18.5. The predicted octanol–water partition coefficient (Wildman–Crippen LogP) is 1.81. The van der Waals surface area contributed by atoms with Gasteiger partial charge in [0.25, 0.3) is 11.8 Å². The summed E-state index contributed by atoms with van der Waals surface area (Å²) in [4.78, 5) is 41.7. The lowest BCUT2D eigenvalue weighted by Crippen LogP contribution is -2.40. The van der Waals surface area contributed by atoms with E-state index in [1.54, 1.807) is 29.2 Å². The van der Waals surface area contributed by atoms with Crippen LogP contribution in [0.2, 0.25) is 0 Å². The summed E-state index contributed by atoms with van der Waals surface area (Å²) in [6.07, 6.45) is 0. The standard InChI is InChI=1S/C19H19N3O5/c1-12-15(19(25)26)5-6-16(20-12)17(23)21-14-4-2-3-13(11-14)18(24)22-7-9-27-10-8-22/h2-6,11H,7-10H2,1H3,(H,21,23)(H,25,26). The summed E-state index contributed by atoms with van der Waals surface area (Å²) in [5.74, 6) is -1.69. The molecule has 27 heavy (non-hydrogen) atoms. The summed E-state index contributed by atoms with van der Waals surface area (Å²) in [6.45, 7) is 3.63. The second-order valence-electron chi connectivity index (χ2n) is 6.07. The number of carbonyl (C=O) groups is 3. The van der Waals surface area contributed by atoms with Gasteiger partial charge in [0.05, 0.1) is 24.5 Å². The first-order chi connectivity index (χ1) is 13.0. The largest absolute Gasteiger partial charge is 0.478 e. The number of amides is 2. The number of aromatic nitrogens is 1. The van der Waals surface area contributed by atoms with E-state index in [2.05, 4.69) is 10.3 Å². The highest BCUT2D eigenvalue weighted by Gasteiger charge is 2.19. The number of rotatable bonds is 4. The number of aromatic carboxylic acids is 1. The lowest BCUT2D eigenvalue weighted by molar-refractivity contribution is 0.0303. The summed E-state index contributed by atoms with van der Waals surface area (Å²) < 4.78 is 5.25. The number of aryl methyl sites for hydroxylation is 1. The molecule has 1 aromatic heterocycles. The third-order valence-electron chi connectivity index (χ3n) is 4.21. The second-order valence-corrected chi connectivity index (χ2v) is 6.07. The highest BCUT2D eigenvalue weighted by molar-refractivity contribution is 6.04. The van der Waals surface area contributed by atoms with Gasteiger partial charge in [0.2, 0.25) is 0 Å². The summed E-state index contributed by atoms with van der Waals surface area (Å²) in [5.41, 5.74) is 1.33. The zero-order valence-electron chi connectivity index (χ0n) is 14.8. The number of anilines is 1. The molecule has 1 aliphatic rings. The van der Waals surface area contributed by atoms with Crippen molar-refractivity contribution in [2.45, 2.75) is 6.92 Å². The zero-order chi connectivity index (χ0) is 19.4. The fourth-order valence-electron chi connectivity index (χ4n) is 2.79. The molecule has 1 fully saturated rings. The second kappa shape index (κ2) is 7.96. The van der Waals surface area contributed by atoms with E-state index in [9.17, 15) is 14.4 Å². The number of nitrogens with one attached hydrogen (secondary N) is 1. The SMILES string of the molecule is Cc1nc(C(=O)Nc2cccc(C(=O)N3CCOCC3)c2)ccc1C(=O)O. The van der Waals surface area contributed by atoms with E-state index in [0.29, 0.717) is 37.6 Å². The molecule has 0 atom stereocenters. The van der Waals surface area contributed by atoms with Crippen LogP contribution in [0.15, 0.2) is 36.4 Å². The lowest BCUT2D eigenvalue weighted by Gasteiger charge is -2.27. The third-order valence-corrected chi connectivity index (χ3v) is 4.21. The highest BCUT2D eigenvalue weighted by atomic mass is 16.5. The average Bonchev–Trinajstić information content (AvgIpc) is 2.68. The van der Waals surface area contributed by atoms with E-state index in [-0.39, 0.29) is 22.9 Å². The van der Waals surface area contributed by atoms with E-state index in [1.807, 2.05) is 0 Å². The molecule has 8 heteroatoms. The van der Waals surface area contributed by atoms with E-state index < -0.39 is 11.9 Å². The molecule has 0 spiro atoms. The van der Waals surface area contributed by atoms with E-state index in [4.69, 9.17) is 9.84 Å². The maximum Gasteiger partial charge on any atom is 0.337 e. The molecule has 0 bridgehead atoms. The van der Waals surface area contributed by atoms with Crippen LogP contribution in [-0.4, -0.2) is 59.1 Å². The molecule has 0 aliphatic carbocycles. The van der Waals surface area contributed by atoms with Crippen molar-refractivity contribution < 1.29 is 24.2 Å². The zero-order valence-corrected chi connectivity index (χ0v) is 14.8. The first-order valence-electron chi connectivity index (χ1n) is 8.45. The molecular weight excluding hydrogens is 350 g/mol. The van der Waals surface area contributed by atoms with Gasteiger partial charge in [-0.25, -0.2) is 9.78 Å². The minimum absolute atomic E-state index is 0.0460. The van der Waals surface area contributed by atoms with Crippen molar-refractivity contribution in [1.29, 1.82) is 0 Å². The molecule has 0 unspecified atom stereocenters. The van der Waals surface area contributed by atoms with E-state index >= 15 is 0 Å². The molecule has 0 radical (unpaired) electrons. The van der Waals surface area contributed by atoms with Crippen molar-refractivity contribution in [3.63, 3.8) is 0 Å². The van der Waals surface area contributed by atoms with Crippen LogP contribution in [0.5, 0.6) is 0 Å². The molecule has 0 saturated carbocycles. The number of morpholine rings is 1. The number of benzene rings is 1. The Hall–Kier alpha value is -3.26. The summed E-state index contributed by atoms with van der Waals surface area (Å²) >= 11 is 0. The molecule has 2 aromatic rings. The van der Waals surface area contributed by atoms with Gasteiger partial charge in [-0.1, -0.05) is 6.07 Å². The molecule has 140 valence electrons. The average molecular weight is 369 g/mol. The van der Waals surface area contributed by atoms with Gasteiger partial charge in [-0.05, 0) is 37.3 Å². The molecular formula is C19H19N3O5. The predicted molar refractivity (Wildman–Crippen MR) is 97.1 cm³/mol. The van der Waals surface area contributed by atoms with Crippen molar-refractivity contribution in [3.8, 4) is 0 Å². The smallest absolute Gasteiger partial charge is 0.337 e. The first-order valence-corrected chi connectivity index (χ1v) is 8.45. The number of nitrogens with zero attached hydrogens (tertiary/aromatic N) is 2. The van der Waals surface area contributed by atoms with Crippen LogP contribution in [0.1, 0.15) is 36.9 Å². The molecule has 2 amide bonds. The van der Waals surface area contributed by atoms with Gasteiger partial charge in [-0.15, -0.1) is 0 Å². The van der Waals surface area contributed by atoms with Crippen molar-refractivity contribution in [1.82, 2.24) is 9.88 Å². The minimum atomic E-state index is -1.10. The maximum absolute atomic E-state index is 12.5. The highest BCUT2D eigenvalue weighted by Crippen LogP contribution is 2.15. The van der Waals surface area contributed by atoms with Crippen LogP contribution in [0.3, 0.4) is 0 Å². The van der Waals surface area contributed by atoms with Crippen molar-refractivity contribution in [2.24, 2.45) is 0 Å². The van der Waals surface area contributed by atoms with Gasteiger partial charge < -0.3 is 20.1 Å². The quantitative estimate of drug-likeness (QED) is 0.851. The Bertz CT molecular complexity index is 891. The minimum Gasteiger partial charge on any atom is -0.478 e. The maximum atomic E-state index is 12.5. The number of carboxylic acid groups (broad SMARTS) is 1. The van der Waals surface area contributed by atoms with Crippen LogP contribution >= 0.6 is 0 Å². The summed E-state index contributed by atoms with van der Waals surface area (Å²) in [5, 5.41) is 11.7. The summed E-state index contributed by atoms with van der Waals surface area (Å²) in [7, 11) is 0. The molecule has 1 aromatic carbocycles. The van der Waals surface area contributed by atoms with Gasteiger partial charge in [0.15, 0.2) is 0 Å². The van der Waals surface area contributed by atoms with E-state index in [0.717, 1.165) is 0 Å². The Morgan fingerprint density at radius 3 is 2.56 bits per heavy atom. The van der Waals surface area contributed by atoms with Crippen molar-refractivity contribution >= 4 is 23.5 Å². The van der Waals surface area contributed by atoms with Crippen molar-refractivity contribution in [3.05, 3.63) is 58.9 Å². The Morgan fingerprint density at radius 1 is 1.15 bits per heavy atom. The number of carboxylic acids is 1. The number of ether oxygens (including phenoxy) is 1. The topological polar surface area (TPSA) is 109 Å². The van der Waals surface area contributed by atoms with Gasteiger partial charge in [0.1, 0.15) is 5.69 Å². The molecule has 8 nitrogen and oxygen atoms in total. The number of hydrogen-bond donors (Lipinski definition) is 2. The number of carbonyl (C=O) groups excluding carboxylic acids is 2. The fourth-order valence-corrected chi connectivity index (χ4v) is 2.79. The van der Waals surface area contributed by atoms with Crippen LogP contribution in [0.4, 0.5) is 5.69 Å². The van der Waals surface area contributed by atoms with Gasteiger partial charge in [-0.3, -0.25) is 9.59 Å². The normalized spacial score (nSPS) is 13.9. The van der Waals surface area contributed by atoms with Crippen LogP contribution in [0, 0.1) is 6.92 Å². The van der Waals surface area contributed by atoms with Crippen molar-refractivity contribution in [2.75, 3.05) is 31.6 Å². The molecule has 1 saturated heterocycles. The third kappa shape index (κ3) is 4.29. The molecule has 2 N–H and O–H groups in total. The summed E-state index contributed by atoms with van der Waals surface area (Å²) in [6, 6.07) is 9.36. The molecule has 3 rings (SSSR count). The number of hydrogen-bond acceptors (Lipinski definition) is 5. The Labute approximate surface area is 155 Å². The van der Waals surface area contributed by atoms with Crippen LogP contribution in [-0.2, 0) is 4.74 Å². The molecule has 2 heterocycles.